The molecule has 2 heterocycles. The van der Waals surface area contributed by atoms with Crippen molar-refractivity contribution in [1.82, 2.24) is 10.2 Å². The summed E-state index contributed by atoms with van der Waals surface area (Å²) in [7, 11) is 0. The van der Waals surface area contributed by atoms with E-state index in [0.717, 1.165) is 26.1 Å². The predicted molar refractivity (Wildman–Crippen MR) is 74.5 cm³/mol. The first-order valence-electron chi connectivity index (χ1n) is 7.73. The van der Waals surface area contributed by atoms with Gasteiger partial charge in [-0.25, -0.2) is 0 Å². The number of carbonyl (C=O) groups is 1. The Morgan fingerprint density at radius 3 is 2.72 bits per heavy atom. The Morgan fingerprint density at radius 1 is 1.28 bits per heavy atom. The van der Waals surface area contributed by atoms with E-state index in [1.54, 1.807) is 0 Å². The van der Waals surface area contributed by atoms with Gasteiger partial charge < -0.3 is 10.2 Å². The molecule has 2 aliphatic heterocycles. The topological polar surface area (TPSA) is 32.3 Å². The summed E-state index contributed by atoms with van der Waals surface area (Å²) in [5.41, 5.74) is 0.403. The van der Waals surface area contributed by atoms with E-state index >= 15 is 0 Å². The van der Waals surface area contributed by atoms with E-state index < -0.39 is 0 Å². The molecule has 0 spiro atoms. The Morgan fingerprint density at radius 2 is 2.06 bits per heavy atom. The van der Waals surface area contributed by atoms with Crippen LogP contribution in [0.1, 0.15) is 58.8 Å². The van der Waals surface area contributed by atoms with Crippen molar-refractivity contribution < 1.29 is 4.79 Å². The summed E-state index contributed by atoms with van der Waals surface area (Å²) in [5.74, 6) is 0.362. The molecule has 0 aromatic rings. The van der Waals surface area contributed by atoms with Gasteiger partial charge in [0.15, 0.2) is 0 Å². The largest absolute Gasteiger partial charge is 0.341 e. The highest BCUT2D eigenvalue weighted by atomic mass is 16.2. The number of carbonyl (C=O) groups excluding carboxylic acids is 1. The van der Waals surface area contributed by atoms with E-state index in [-0.39, 0.29) is 6.04 Å². The molecule has 0 saturated carbocycles. The van der Waals surface area contributed by atoms with Crippen LogP contribution < -0.4 is 5.32 Å². The Labute approximate surface area is 111 Å². The van der Waals surface area contributed by atoms with Gasteiger partial charge in [0.2, 0.25) is 5.91 Å². The minimum absolute atomic E-state index is 0.0945. The molecular formula is C15H28N2O. The van der Waals surface area contributed by atoms with E-state index in [1.165, 1.54) is 38.5 Å². The Hall–Kier alpha value is -0.570. The third kappa shape index (κ3) is 2.87. The highest BCUT2D eigenvalue weighted by Crippen LogP contribution is 2.37. The molecule has 1 amide bonds. The van der Waals surface area contributed by atoms with Crippen LogP contribution in [-0.4, -0.2) is 36.5 Å². The highest BCUT2D eigenvalue weighted by molar-refractivity contribution is 5.82. The zero-order valence-electron chi connectivity index (χ0n) is 12.0. The van der Waals surface area contributed by atoms with E-state index in [0.29, 0.717) is 11.3 Å². The van der Waals surface area contributed by atoms with Gasteiger partial charge in [0.1, 0.15) is 0 Å². The van der Waals surface area contributed by atoms with Crippen molar-refractivity contribution >= 4 is 5.91 Å². The quantitative estimate of drug-likeness (QED) is 0.837. The van der Waals surface area contributed by atoms with Gasteiger partial charge >= 0.3 is 0 Å². The number of likely N-dealkylation sites (tertiary alicyclic amines) is 1. The van der Waals surface area contributed by atoms with Crippen LogP contribution >= 0.6 is 0 Å². The van der Waals surface area contributed by atoms with Gasteiger partial charge in [-0.15, -0.1) is 0 Å². The number of amides is 1. The van der Waals surface area contributed by atoms with Crippen LogP contribution in [0.4, 0.5) is 0 Å². The lowest BCUT2D eigenvalue weighted by Gasteiger charge is -2.28. The summed E-state index contributed by atoms with van der Waals surface area (Å²) in [6, 6.07) is 0.0945. The summed E-state index contributed by atoms with van der Waals surface area (Å²) in [5, 5.41) is 3.43. The molecule has 1 unspecified atom stereocenters. The van der Waals surface area contributed by atoms with E-state index in [2.05, 4.69) is 24.1 Å². The van der Waals surface area contributed by atoms with Gasteiger partial charge in [0, 0.05) is 13.1 Å². The predicted octanol–water partition coefficient (Wildman–Crippen LogP) is 2.56. The summed E-state index contributed by atoms with van der Waals surface area (Å²) in [6.07, 6.45) is 8.31. The van der Waals surface area contributed by atoms with Crippen LogP contribution in [0.5, 0.6) is 0 Å². The molecule has 0 aliphatic carbocycles. The van der Waals surface area contributed by atoms with E-state index in [1.807, 2.05) is 0 Å². The van der Waals surface area contributed by atoms with Gasteiger partial charge in [-0.3, -0.25) is 4.79 Å². The standard InChI is InChI=1S/C15H28N2O/c1-3-15(4-2)9-11-17(12-15)14(18)13-8-6-5-7-10-16-13/h13,16H,3-12H2,1-2H3. The van der Waals surface area contributed by atoms with E-state index in [9.17, 15) is 4.79 Å². The van der Waals surface area contributed by atoms with Crippen molar-refractivity contribution in [2.24, 2.45) is 5.41 Å². The molecule has 3 heteroatoms. The molecule has 1 N–H and O–H groups in total. The van der Waals surface area contributed by atoms with Gasteiger partial charge in [-0.2, -0.15) is 0 Å². The molecule has 1 atom stereocenters. The lowest BCUT2D eigenvalue weighted by molar-refractivity contribution is -0.133. The minimum Gasteiger partial charge on any atom is -0.341 e. The maximum atomic E-state index is 12.5. The first-order chi connectivity index (χ1) is 8.71. The van der Waals surface area contributed by atoms with Crippen LogP contribution in [0.2, 0.25) is 0 Å². The number of hydrogen-bond acceptors (Lipinski definition) is 2. The fourth-order valence-electron chi connectivity index (χ4n) is 3.41. The SMILES string of the molecule is CCC1(CC)CCN(C(=O)C2CCCCCN2)C1. The van der Waals surface area contributed by atoms with Crippen LogP contribution in [0.3, 0.4) is 0 Å². The molecule has 0 aromatic carbocycles. The van der Waals surface area contributed by atoms with Gasteiger partial charge in [-0.05, 0) is 44.1 Å². The molecule has 2 rings (SSSR count). The van der Waals surface area contributed by atoms with E-state index in [4.69, 9.17) is 0 Å². The molecule has 18 heavy (non-hydrogen) atoms. The van der Waals surface area contributed by atoms with Gasteiger partial charge in [0.25, 0.3) is 0 Å². The lowest BCUT2D eigenvalue weighted by atomic mass is 9.82. The monoisotopic (exact) mass is 252 g/mol. The highest BCUT2D eigenvalue weighted by Gasteiger charge is 2.38. The first kappa shape index (κ1) is 13.9. The van der Waals surface area contributed by atoms with Gasteiger partial charge in [0.05, 0.1) is 6.04 Å². The first-order valence-corrected chi connectivity index (χ1v) is 7.73. The molecule has 2 fully saturated rings. The third-order valence-corrected chi connectivity index (χ3v) is 5.11. The minimum atomic E-state index is 0.0945. The fourth-order valence-corrected chi connectivity index (χ4v) is 3.41. The van der Waals surface area contributed by atoms with Gasteiger partial charge in [-0.1, -0.05) is 26.7 Å². The third-order valence-electron chi connectivity index (χ3n) is 5.11. The fraction of sp³-hybridized carbons (Fsp3) is 0.933. The van der Waals surface area contributed by atoms with Crippen LogP contribution in [0.25, 0.3) is 0 Å². The normalized spacial score (nSPS) is 28.1. The summed E-state index contributed by atoms with van der Waals surface area (Å²) in [4.78, 5) is 14.7. The number of hydrogen-bond donors (Lipinski definition) is 1. The lowest BCUT2D eigenvalue weighted by Crippen LogP contribution is -2.45. The van der Waals surface area contributed by atoms with Crippen LogP contribution in [0.15, 0.2) is 0 Å². The second-order valence-corrected chi connectivity index (χ2v) is 6.07. The van der Waals surface area contributed by atoms with Crippen molar-refractivity contribution in [1.29, 1.82) is 0 Å². The van der Waals surface area contributed by atoms with Crippen molar-refractivity contribution in [3.8, 4) is 0 Å². The zero-order chi connectivity index (χ0) is 13.0. The van der Waals surface area contributed by atoms with Crippen LogP contribution in [0, 0.1) is 5.41 Å². The molecule has 2 saturated heterocycles. The Balaban J connectivity index is 1.93. The average Bonchev–Trinajstić information content (AvgIpc) is 2.66. The smallest absolute Gasteiger partial charge is 0.239 e. The molecule has 0 aromatic heterocycles. The van der Waals surface area contributed by atoms with Crippen molar-refractivity contribution in [2.75, 3.05) is 19.6 Å². The summed E-state index contributed by atoms with van der Waals surface area (Å²) < 4.78 is 0. The number of rotatable bonds is 3. The molecule has 3 nitrogen and oxygen atoms in total. The molecular weight excluding hydrogens is 224 g/mol. The Kier molecular flexibility index (Phi) is 4.66. The average molecular weight is 252 g/mol. The van der Waals surface area contributed by atoms with Crippen molar-refractivity contribution in [2.45, 2.75) is 64.8 Å². The van der Waals surface area contributed by atoms with Crippen molar-refractivity contribution in [3.63, 3.8) is 0 Å². The van der Waals surface area contributed by atoms with Crippen molar-refractivity contribution in [3.05, 3.63) is 0 Å². The van der Waals surface area contributed by atoms with Crippen LogP contribution in [-0.2, 0) is 4.79 Å². The molecule has 0 bridgehead atoms. The summed E-state index contributed by atoms with van der Waals surface area (Å²) in [6.45, 7) is 7.50. The second-order valence-electron chi connectivity index (χ2n) is 6.07. The molecule has 2 aliphatic rings. The second kappa shape index (κ2) is 6.05. The maximum absolute atomic E-state index is 12.5. The molecule has 0 radical (unpaired) electrons. The molecule has 104 valence electrons. The summed E-state index contributed by atoms with van der Waals surface area (Å²) >= 11 is 0. The number of nitrogens with one attached hydrogen (secondary N) is 1. The number of nitrogens with zero attached hydrogens (tertiary/aromatic N) is 1. The maximum Gasteiger partial charge on any atom is 0.239 e. The Bertz CT molecular complexity index is 278. The zero-order valence-corrected chi connectivity index (χ0v) is 12.0.